The number of aliphatic hydroxyl groups is 4. The Kier molecular flexibility index (Phi) is 32.1. The Hall–Kier alpha value is -6.11. The first-order chi connectivity index (χ1) is 36.6. The van der Waals surface area contributed by atoms with Crippen LogP contribution in [0.15, 0.2) is 33.5 Å². The molecule has 1 aliphatic heterocycles. The minimum atomic E-state index is -1.82. The summed E-state index contributed by atoms with van der Waals surface area (Å²) in [5, 5.41) is 63.3. The summed E-state index contributed by atoms with van der Waals surface area (Å²) in [6.07, 6.45) is -2.43. The molecule has 15 N–H and O–H groups in total. The number of amides is 3. The number of nitrogens with one attached hydrogen (secondary N) is 1. The number of ether oxygens (including phenoxy) is 9. The van der Waals surface area contributed by atoms with E-state index < -0.39 is 115 Å². The Morgan fingerprint density at radius 2 is 1.14 bits per heavy atom. The molecule has 0 radical (unpaired) electrons. The summed E-state index contributed by atoms with van der Waals surface area (Å²) in [5.41, 5.74) is 22.2. The van der Waals surface area contributed by atoms with Gasteiger partial charge in [-0.2, -0.15) is 0 Å². The molecule has 0 spiro atoms. The molecule has 2 rings (SSSR count). The fourth-order valence-corrected chi connectivity index (χ4v) is 7.75. The van der Waals surface area contributed by atoms with Crippen molar-refractivity contribution in [2.45, 2.75) is 68.9 Å². The number of aliphatic hydroxyl groups excluding tert-OH is 4. The number of carbonyl (C=O) groups is 5. The topological polar surface area (TPSA) is 440 Å². The fourth-order valence-electron chi connectivity index (χ4n) is 7.75. The average Bonchev–Trinajstić information content (AvgIpc) is 3.38. The zero-order chi connectivity index (χ0) is 57.5. The molecule has 3 amide bonds. The minimum absolute atomic E-state index is 0.00187. The van der Waals surface area contributed by atoms with Gasteiger partial charge in [0, 0.05) is 65.2 Å². The zero-order valence-electron chi connectivity index (χ0n) is 44.1. The fraction of sp³-hybridized carbons (Fsp3) is 0.723. The number of likely N-dealkylation sites (N-methyl/N-ethyl adjacent to an activating group) is 2. The SMILES string of the molecule is C#CCOCCOCCOCCOCCN(CCOCCN(C)C(=O)O[C@@H]([C@@H]1CC(C(=O)O)=C[C@H](N=C(N)N)[C@H]1C)[C@H](O)CO)CCOCCN(C)C(=O)O[C@@H]([C@@H]1OC(C(=O)O)=C[C@H](N=C(N)N)[C@H]1NC(C)=O)[C@H](O)CO. The van der Waals surface area contributed by atoms with Crippen LogP contribution in [0.5, 0.6) is 0 Å². The molecule has 0 saturated heterocycles. The van der Waals surface area contributed by atoms with Gasteiger partial charge in [0.05, 0.1) is 104 Å². The number of hydrogen-bond donors (Lipinski definition) is 11. The van der Waals surface area contributed by atoms with Gasteiger partial charge in [-0.05, 0) is 24.5 Å². The summed E-state index contributed by atoms with van der Waals surface area (Å²) in [6.45, 7) is 5.35. The monoisotopic (exact) mass is 1100 g/mol. The maximum absolute atomic E-state index is 13.4. The second-order valence-electron chi connectivity index (χ2n) is 17.7. The molecule has 1 heterocycles. The molecule has 0 saturated carbocycles. The number of carboxylic acids is 2. The van der Waals surface area contributed by atoms with Gasteiger partial charge in [0.25, 0.3) is 0 Å². The lowest BCUT2D eigenvalue weighted by Gasteiger charge is -2.40. The number of terminal acetylenes is 1. The van der Waals surface area contributed by atoms with Crippen molar-refractivity contribution >= 4 is 42.0 Å². The van der Waals surface area contributed by atoms with Crippen LogP contribution >= 0.6 is 0 Å². The quantitative estimate of drug-likeness (QED) is 0.0120. The van der Waals surface area contributed by atoms with Crippen molar-refractivity contribution in [3.8, 4) is 12.3 Å². The average molecular weight is 1110 g/mol. The lowest BCUT2D eigenvalue weighted by atomic mass is 9.73. The summed E-state index contributed by atoms with van der Waals surface area (Å²) in [6, 6.07) is -3.30. The lowest BCUT2D eigenvalue weighted by Crippen LogP contribution is -2.61. The highest BCUT2D eigenvalue weighted by molar-refractivity contribution is 5.87. The normalized spacial score (nSPS) is 20.6. The first-order valence-corrected chi connectivity index (χ1v) is 24.7. The van der Waals surface area contributed by atoms with Crippen LogP contribution in [0.4, 0.5) is 9.59 Å². The standard InChI is InChI=1S/C47H80N10O20/c1-6-12-69-18-20-73-22-23-74-21-19-72-17-11-57(9-15-70-13-7-55(4)46(67)76-39(35(61)27-58)32-24-31(42(63)64)25-33(29(32)2)53-44(48)49)10-16-71-14-8-56(5)47(68)77-40(36(62)28-59)41-38(52-30(3)60)34(54-45(50)51)26-37(75-41)43(65)66/h1,25-26,29,32-36,38-41,58-59,61-62H,7-24,27-28H2,2-5H3,(H,52,60)(H,63,64)(H,65,66)(H4,48,49,53)(H4,50,51,54)/t29-,32+,33-,34-,35+,36+,38+,39-,40+,41+/m0/s1. The van der Waals surface area contributed by atoms with E-state index in [-0.39, 0.29) is 64.1 Å². The minimum Gasteiger partial charge on any atom is -0.478 e. The molecular formula is C47H80N10O20. The van der Waals surface area contributed by atoms with E-state index in [1.807, 2.05) is 4.90 Å². The van der Waals surface area contributed by atoms with Gasteiger partial charge in [0.2, 0.25) is 11.7 Å². The van der Waals surface area contributed by atoms with Crippen molar-refractivity contribution in [2.24, 2.45) is 44.8 Å². The maximum Gasteiger partial charge on any atom is 0.410 e. The number of nitrogens with two attached hydrogens (primary N) is 4. The predicted molar refractivity (Wildman–Crippen MR) is 273 cm³/mol. The summed E-state index contributed by atoms with van der Waals surface area (Å²) in [7, 11) is 2.81. The van der Waals surface area contributed by atoms with Crippen LogP contribution in [0.25, 0.3) is 0 Å². The molecule has 0 bridgehead atoms. The molecule has 10 atom stereocenters. The van der Waals surface area contributed by atoms with E-state index in [0.29, 0.717) is 65.9 Å². The van der Waals surface area contributed by atoms with E-state index in [9.17, 15) is 54.6 Å². The van der Waals surface area contributed by atoms with E-state index in [4.69, 9.17) is 72.0 Å². The summed E-state index contributed by atoms with van der Waals surface area (Å²) in [4.78, 5) is 75.2. The molecule has 77 heavy (non-hydrogen) atoms. The van der Waals surface area contributed by atoms with Gasteiger partial charge in [-0.3, -0.25) is 9.69 Å². The highest BCUT2D eigenvalue weighted by Gasteiger charge is 2.47. The number of carbonyl (C=O) groups excluding carboxylic acids is 3. The molecule has 0 aromatic rings. The highest BCUT2D eigenvalue weighted by atomic mass is 16.6. The van der Waals surface area contributed by atoms with E-state index in [1.54, 1.807) is 6.92 Å². The van der Waals surface area contributed by atoms with E-state index in [2.05, 4.69) is 21.2 Å². The van der Waals surface area contributed by atoms with Crippen molar-refractivity contribution < 1.29 is 97.2 Å². The van der Waals surface area contributed by atoms with Crippen LogP contribution < -0.4 is 28.3 Å². The van der Waals surface area contributed by atoms with Gasteiger partial charge >= 0.3 is 24.1 Å². The van der Waals surface area contributed by atoms with Crippen LogP contribution in [0.1, 0.15) is 20.3 Å². The molecule has 1 aliphatic carbocycles. The first kappa shape index (κ1) is 67.0. The van der Waals surface area contributed by atoms with Gasteiger partial charge in [-0.1, -0.05) is 12.8 Å². The Labute approximate surface area is 447 Å². The summed E-state index contributed by atoms with van der Waals surface area (Å²) < 4.78 is 50.4. The van der Waals surface area contributed by atoms with Gasteiger partial charge in [0.15, 0.2) is 24.1 Å². The molecule has 2 aliphatic rings. The van der Waals surface area contributed by atoms with Crippen molar-refractivity contribution in [3.05, 3.63) is 23.5 Å². The van der Waals surface area contributed by atoms with Crippen molar-refractivity contribution in [2.75, 3.05) is 139 Å². The van der Waals surface area contributed by atoms with Gasteiger partial charge in [0.1, 0.15) is 24.9 Å². The second kappa shape index (κ2) is 36.8. The number of rotatable bonds is 38. The number of guanidine groups is 2. The van der Waals surface area contributed by atoms with Gasteiger partial charge in [-0.15, -0.1) is 6.42 Å². The Balaban J connectivity index is 2.02. The third kappa shape index (κ3) is 25.3. The van der Waals surface area contributed by atoms with Crippen molar-refractivity contribution in [3.63, 3.8) is 0 Å². The lowest BCUT2D eigenvalue weighted by molar-refractivity contribution is -0.146. The van der Waals surface area contributed by atoms with Gasteiger partial charge in [-0.25, -0.2) is 29.2 Å². The molecule has 0 fully saturated rings. The largest absolute Gasteiger partial charge is 0.478 e. The second-order valence-corrected chi connectivity index (χ2v) is 17.7. The number of aliphatic imine (C=N–C) groups is 2. The third-order valence-electron chi connectivity index (χ3n) is 11.9. The Morgan fingerprint density at radius 3 is 1.60 bits per heavy atom. The van der Waals surface area contributed by atoms with E-state index in [1.165, 1.54) is 25.1 Å². The maximum atomic E-state index is 13.4. The van der Waals surface area contributed by atoms with Crippen LogP contribution in [0.2, 0.25) is 0 Å². The zero-order valence-corrected chi connectivity index (χ0v) is 44.1. The van der Waals surface area contributed by atoms with Crippen LogP contribution in [0.3, 0.4) is 0 Å². The van der Waals surface area contributed by atoms with Crippen LogP contribution in [-0.2, 0) is 57.0 Å². The highest BCUT2D eigenvalue weighted by Crippen LogP contribution is 2.37. The molecule has 30 nitrogen and oxygen atoms in total. The Bertz CT molecular complexity index is 1990. The summed E-state index contributed by atoms with van der Waals surface area (Å²) in [5.74, 6) is -3.73. The van der Waals surface area contributed by atoms with E-state index in [0.717, 1.165) is 17.9 Å². The number of nitrogens with zero attached hydrogens (tertiary/aromatic N) is 5. The molecule has 30 heteroatoms. The smallest absolute Gasteiger partial charge is 0.410 e. The van der Waals surface area contributed by atoms with Crippen molar-refractivity contribution in [1.82, 2.24) is 20.0 Å². The summed E-state index contributed by atoms with van der Waals surface area (Å²) >= 11 is 0. The molecule has 0 unspecified atom stereocenters. The van der Waals surface area contributed by atoms with Crippen LogP contribution in [0, 0.1) is 24.2 Å². The first-order valence-electron chi connectivity index (χ1n) is 24.7. The van der Waals surface area contributed by atoms with E-state index >= 15 is 0 Å². The van der Waals surface area contributed by atoms with Crippen molar-refractivity contribution in [1.29, 1.82) is 0 Å². The predicted octanol–water partition coefficient (Wildman–Crippen LogP) is -4.58. The molecular weight excluding hydrogens is 1020 g/mol. The number of carboxylic acid groups (broad SMARTS) is 2. The molecule has 0 aromatic heterocycles. The van der Waals surface area contributed by atoms with Gasteiger partial charge < -0.3 is 111 Å². The molecule has 438 valence electrons. The van der Waals surface area contributed by atoms with Crippen LogP contribution in [-0.4, -0.2) is 275 Å². The number of aliphatic carboxylic acids is 2. The Morgan fingerprint density at radius 1 is 0.701 bits per heavy atom. The molecule has 0 aromatic carbocycles. The third-order valence-corrected chi connectivity index (χ3v) is 11.9. The number of hydrogen-bond acceptors (Lipinski definition) is 21.